The molecule has 3 rings (SSSR count). The Hall–Kier alpha value is -4.22. The van der Waals surface area contributed by atoms with Gasteiger partial charge in [0.1, 0.15) is 5.56 Å². The van der Waals surface area contributed by atoms with Crippen molar-refractivity contribution in [2.45, 2.75) is 6.18 Å². The van der Waals surface area contributed by atoms with Gasteiger partial charge in [0.15, 0.2) is 6.61 Å². The van der Waals surface area contributed by atoms with Crippen LogP contribution < -0.4 is 5.32 Å². The number of benzene rings is 2. The van der Waals surface area contributed by atoms with E-state index in [1.165, 1.54) is 6.20 Å². The standard InChI is InChI=1S/C19H13F3N4O5/c20-19(21,22)14-8-12(26(29)30)6-7-15(14)24-16(27)10-31-18(28)13-9-23-25-17(13)11-4-2-1-3-5-11/h1-9H,10H2,(H,23,25)(H,24,27). The molecule has 0 atom stereocenters. The number of carbonyl (C=O) groups excluding carboxylic acids is 2. The summed E-state index contributed by atoms with van der Waals surface area (Å²) in [5.74, 6) is -1.97. The fraction of sp³-hybridized carbons (Fsp3) is 0.105. The van der Waals surface area contributed by atoms with Gasteiger partial charge in [0.2, 0.25) is 0 Å². The van der Waals surface area contributed by atoms with Gasteiger partial charge in [-0.05, 0) is 6.07 Å². The lowest BCUT2D eigenvalue weighted by Crippen LogP contribution is -2.23. The third-order valence-corrected chi connectivity index (χ3v) is 4.05. The molecule has 160 valence electrons. The minimum Gasteiger partial charge on any atom is -0.452 e. The molecule has 0 radical (unpaired) electrons. The Morgan fingerprint density at radius 1 is 1.16 bits per heavy atom. The summed E-state index contributed by atoms with van der Waals surface area (Å²) in [6, 6.07) is 10.5. The lowest BCUT2D eigenvalue weighted by Gasteiger charge is -2.13. The van der Waals surface area contributed by atoms with Crippen molar-refractivity contribution in [2.75, 3.05) is 11.9 Å². The summed E-state index contributed by atoms with van der Waals surface area (Å²) in [6.07, 6.45) is -3.76. The molecule has 0 aliphatic rings. The van der Waals surface area contributed by atoms with E-state index in [2.05, 4.69) is 10.2 Å². The molecule has 1 amide bonds. The van der Waals surface area contributed by atoms with Gasteiger partial charge in [-0.2, -0.15) is 18.3 Å². The minimum atomic E-state index is -4.95. The van der Waals surface area contributed by atoms with E-state index in [4.69, 9.17) is 4.74 Å². The first kappa shape index (κ1) is 21.5. The summed E-state index contributed by atoms with van der Waals surface area (Å²) in [4.78, 5) is 34.0. The van der Waals surface area contributed by atoms with E-state index in [0.29, 0.717) is 17.3 Å². The number of anilines is 1. The van der Waals surface area contributed by atoms with Crippen LogP contribution in [-0.2, 0) is 15.7 Å². The van der Waals surface area contributed by atoms with Crippen molar-refractivity contribution >= 4 is 23.3 Å². The number of hydrogen-bond donors (Lipinski definition) is 2. The second kappa shape index (κ2) is 8.65. The zero-order valence-corrected chi connectivity index (χ0v) is 15.5. The van der Waals surface area contributed by atoms with Crippen molar-refractivity contribution in [1.82, 2.24) is 10.2 Å². The summed E-state index contributed by atoms with van der Waals surface area (Å²) < 4.78 is 44.4. The largest absolute Gasteiger partial charge is 0.452 e. The summed E-state index contributed by atoms with van der Waals surface area (Å²) >= 11 is 0. The number of alkyl halides is 3. The van der Waals surface area contributed by atoms with E-state index < -0.39 is 46.5 Å². The molecule has 0 fully saturated rings. The Balaban J connectivity index is 1.70. The van der Waals surface area contributed by atoms with Crippen molar-refractivity contribution in [3.05, 3.63) is 76.0 Å². The predicted octanol–water partition coefficient (Wildman–Crippen LogP) is 3.80. The number of esters is 1. The zero-order chi connectivity index (χ0) is 22.6. The average Bonchev–Trinajstić information content (AvgIpc) is 3.22. The maximum atomic E-state index is 13.2. The van der Waals surface area contributed by atoms with Crippen LogP contribution in [0.4, 0.5) is 24.5 Å². The van der Waals surface area contributed by atoms with Crippen LogP contribution in [-0.4, -0.2) is 33.6 Å². The zero-order valence-electron chi connectivity index (χ0n) is 15.5. The average molecular weight is 434 g/mol. The van der Waals surface area contributed by atoms with E-state index in [1.54, 1.807) is 30.3 Å². The molecule has 2 N–H and O–H groups in total. The number of non-ortho nitro benzene ring substituents is 1. The maximum absolute atomic E-state index is 13.2. The SMILES string of the molecule is O=C(COC(=O)c1cn[nH]c1-c1ccccc1)Nc1ccc([N+](=O)[O-])cc1C(F)(F)F. The van der Waals surface area contributed by atoms with Gasteiger partial charge in [-0.25, -0.2) is 4.79 Å². The van der Waals surface area contributed by atoms with Crippen LogP contribution >= 0.6 is 0 Å². The molecule has 0 aliphatic carbocycles. The molecule has 0 saturated heterocycles. The number of amides is 1. The Morgan fingerprint density at radius 2 is 1.87 bits per heavy atom. The number of nitro benzene ring substituents is 1. The van der Waals surface area contributed by atoms with Gasteiger partial charge >= 0.3 is 12.1 Å². The Morgan fingerprint density at radius 3 is 2.52 bits per heavy atom. The number of halogens is 3. The van der Waals surface area contributed by atoms with Gasteiger partial charge in [0, 0.05) is 17.7 Å². The van der Waals surface area contributed by atoms with E-state index in [0.717, 1.165) is 12.1 Å². The van der Waals surface area contributed by atoms with Crippen LogP contribution in [0.25, 0.3) is 11.3 Å². The van der Waals surface area contributed by atoms with Gasteiger partial charge < -0.3 is 10.1 Å². The van der Waals surface area contributed by atoms with Crippen molar-refractivity contribution < 1.29 is 32.4 Å². The van der Waals surface area contributed by atoms with Gasteiger partial charge in [-0.15, -0.1) is 0 Å². The van der Waals surface area contributed by atoms with Crippen molar-refractivity contribution in [3.63, 3.8) is 0 Å². The summed E-state index contributed by atoms with van der Waals surface area (Å²) in [5.41, 5.74) is -1.87. The first-order chi connectivity index (χ1) is 14.7. The molecule has 0 saturated carbocycles. The molecule has 12 heteroatoms. The number of H-pyrrole nitrogens is 1. The number of aromatic amines is 1. The number of rotatable bonds is 6. The highest BCUT2D eigenvalue weighted by Crippen LogP contribution is 2.37. The number of hydrogen-bond acceptors (Lipinski definition) is 6. The fourth-order valence-corrected chi connectivity index (χ4v) is 2.65. The number of ether oxygens (including phenoxy) is 1. The summed E-state index contributed by atoms with van der Waals surface area (Å²) in [6.45, 7) is -0.882. The Kier molecular flexibility index (Phi) is 6.00. The lowest BCUT2D eigenvalue weighted by molar-refractivity contribution is -0.385. The highest BCUT2D eigenvalue weighted by Gasteiger charge is 2.35. The van der Waals surface area contributed by atoms with Crippen LogP contribution in [0.5, 0.6) is 0 Å². The van der Waals surface area contributed by atoms with Crippen LogP contribution in [0, 0.1) is 10.1 Å². The molecule has 31 heavy (non-hydrogen) atoms. The second-order valence-electron chi connectivity index (χ2n) is 6.13. The van der Waals surface area contributed by atoms with Crippen LogP contribution in [0.3, 0.4) is 0 Å². The van der Waals surface area contributed by atoms with Gasteiger partial charge in [-0.1, -0.05) is 30.3 Å². The van der Waals surface area contributed by atoms with Gasteiger partial charge in [0.25, 0.3) is 11.6 Å². The number of aromatic nitrogens is 2. The molecule has 1 aromatic heterocycles. The highest BCUT2D eigenvalue weighted by molar-refractivity contribution is 5.99. The minimum absolute atomic E-state index is 0.0327. The fourth-order valence-electron chi connectivity index (χ4n) is 2.65. The smallest absolute Gasteiger partial charge is 0.418 e. The number of nitrogens with one attached hydrogen (secondary N) is 2. The maximum Gasteiger partial charge on any atom is 0.418 e. The van der Waals surface area contributed by atoms with Crippen molar-refractivity contribution in [1.29, 1.82) is 0 Å². The van der Waals surface area contributed by atoms with Crippen LogP contribution in [0.15, 0.2) is 54.7 Å². The third-order valence-electron chi connectivity index (χ3n) is 4.05. The van der Waals surface area contributed by atoms with Gasteiger partial charge in [-0.3, -0.25) is 20.0 Å². The third kappa shape index (κ3) is 5.04. The molecule has 1 heterocycles. The molecular weight excluding hydrogens is 421 g/mol. The lowest BCUT2D eigenvalue weighted by atomic mass is 10.1. The molecule has 0 unspecified atom stereocenters. The predicted molar refractivity (Wildman–Crippen MR) is 101 cm³/mol. The van der Waals surface area contributed by atoms with E-state index in [9.17, 15) is 32.9 Å². The van der Waals surface area contributed by atoms with Crippen LogP contribution in [0.2, 0.25) is 0 Å². The van der Waals surface area contributed by atoms with Crippen molar-refractivity contribution in [3.8, 4) is 11.3 Å². The Bertz CT molecular complexity index is 1130. The highest BCUT2D eigenvalue weighted by atomic mass is 19.4. The molecule has 0 bridgehead atoms. The first-order valence-corrected chi connectivity index (χ1v) is 8.58. The molecule has 3 aromatic rings. The molecular formula is C19H13F3N4O5. The second-order valence-corrected chi connectivity index (χ2v) is 6.13. The van der Waals surface area contributed by atoms with E-state index >= 15 is 0 Å². The normalized spacial score (nSPS) is 11.1. The number of nitro groups is 1. The molecule has 0 spiro atoms. The molecule has 9 nitrogen and oxygen atoms in total. The topological polar surface area (TPSA) is 127 Å². The van der Waals surface area contributed by atoms with Crippen LogP contribution in [0.1, 0.15) is 15.9 Å². The van der Waals surface area contributed by atoms with E-state index in [-0.39, 0.29) is 5.56 Å². The number of nitrogens with zero attached hydrogens (tertiary/aromatic N) is 2. The summed E-state index contributed by atoms with van der Waals surface area (Å²) in [7, 11) is 0. The number of carbonyl (C=O) groups is 2. The Labute approximate surface area is 172 Å². The molecule has 0 aliphatic heterocycles. The van der Waals surface area contributed by atoms with E-state index in [1.807, 2.05) is 5.32 Å². The quantitative estimate of drug-likeness (QED) is 0.345. The monoisotopic (exact) mass is 434 g/mol. The summed E-state index contributed by atoms with van der Waals surface area (Å²) in [5, 5.41) is 19.1. The van der Waals surface area contributed by atoms with Crippen molar-refractivity contribution in [2.24, 2.45) is 0 Å². The first-order valence-electron chi connectivity index (χ1n) is 8.58. The van der Waals surface area contributed by atoms with Gasteiger partial charge in [0.05, 0.1) is 28.1 Å². The molecule has 2 aromatic carbocycles.